The minimum atomic E-state index is 0.595. The van der Waals surface area contributed by atoms with E-state index in [4.69, 9.17) is 16.6 Å². The van der Waals surface area contributed by atoms with Gasteiger partial charge in [0.2, 0.25) is 5.89 Å². The molecule has 2 aromatic rings. The Morgan fingerprint density at radius 2 is 2.37 bits per heavy atom. The van der Waals surface area contributed by atoms with Gasteiger partial charge < -0.3 is 9.32 Å². The molecule has 102 valence electrons. The van der Waals surface area contributed by atoms with Gasteiger partial charge in [0.1, 0.15) is 6.26 Å². The van der Waals surface area contributed by atoms with E-state index in [9.17, 15) is 0 Å². The van der Waals surface area contributed by atoms with Gasteiger partial charge in [-0.1, -0.05) is 12.2 Å². The van der Waals surface area contributed by atoms with E-state index in [2.05, 4.69) is 20.5 Å². The second-order valence-electron chi connectivity index (χ2n) is 4.25. The third kappa shape index (κ3) is 3.82. The normalized spacial score (nSPS) is 10.6. The molecule has 7 nitrogen and oxygen atoms in total. The average Bonchev–Trinajstić information content (AvgIpc) is 3.02. The highest BCUT2D eigenvalue weighted by Crippen LogP contribution is 2.06. The number of hydrogen-bond donors (Lipinski definition) is 0. The van der Waals surface area contributed by atoms with E-state index in [1.807, 2.05) is 19.0 Å². The fourth-order valence-corrected chi connectivity index (χ4v) is 1.88. The maximum absolute atomic E-state index is 5.38. The van der Waals surface area contributed by atoms with Crippen molar-refractivity contribution in [3.05, 3.63) is 24.2 Å². The van der Waals surface area contributed by atoms with E-state index >= 15 is 0 Å². The van der Waals surface area contributed by atoms with Crippen LogP contribution in [0.15, 0.2) is 16.9 Å². The van der Waals surface area contributed by atoms with Crippen molar-refractivity contribution in [1.29, 1.82) is 0 Å². The number of oxazole rings is 1. The summed E-state index contributed by atoms with van der Waals surface area (Å²) in [5.74, 6) is 1.54. The van der Waals surface area contributed by atoms with E-state index in [1.165, 1.54) is 0 Å². The Morgan fingerprint density at radius 1 is 1.53 bits per heavy atom. The third-order valence-corrected chi connectivity index (χ3v) is 3.30. The minimum Gasteiger partial charge on any atom is -0.447 e. The zero-order chi connectivity index (χ0) is 13.7. The van der Waals surface area contributed by atoms with Gasteiger partial charge in [-0.05, 0) is 23.3 Å². The van der Waals surface area contributed by atoms with E-state index in [0.717, 1.165) is 30.1 Å². The summed E-state index contributed by atoms with van der Waals surface area (Å²) in [6, 6.07) is 0. The predicted molar refractivity (Wildman–Crippen MR) is 72.3 cm³/mol. The van der Waals surface area contributed by atoms with Crippen molar-refractivity contribution in [2.24, 2.45) is 7.05 Å². The highest BCUT2D eigenvalue weighted by atomic mass is 32.1. The van der Waals surface area contributed by atoms with Gasteiger partial charge in [-0.3, -0.25) is 0 Å². The molecule has 19 heavy (non-hydrogen) atoms. The fraction of sp³-hybridized carbons (Fsp3) is 0.545. The third-order valence-electron chi connectivity index (χ3n) is 2.78. The van der Waals surface area contributed by atoms with Gasteiger partial charge in [0, 0.05) is 20.5 Å². The van der Waals surface area contributed by atoms with E-state index in [-0.39, 0.29) is 0 Å². The molecule has 0 amide bonds. The Labute approximate surface area is 116 Å². The van der Waals surface area contributed by atoms with Crippen LogP contribution in [0, 0.1) is 0 Å². The van der Waals surface area contributed by atoms with E-state index in [0.29, 0.717) is 12.4 Å². The molecule has 0 saturated carbocycles. The van der Waals surface area contributed by atoms with Gasteiger partial charge in [0.05, 0.1) is 17.7 Å². The molecule has 0 aliphatic rings. The maximum atomic E-state index is 5.38. The van der Waals surface area contributed by atoms with Gasteiger partial charge >= 0.3 is 0 Å². The number of tetrazole rings is 1. The smallest absolute Gasteiger partial charge is 0.213 e. The van der Waals surface area contributed by atoms with Gasteiger partial charge in [0.15, 0.2) is 5.82 Å². The van der Waals surface area contributed by atoms with Crippen molar-refractivity contribution in [3.63, 3.8) is 0 Å². The van der Waals surface area contributed by atoms with Crippen molar-refractivity contribution in [2.75, 3.05) is 7.05 Å². The van der Waals surface area contributed by atoms with Crippen molar-refractivity contribution in [3.8, 4) is 0 Å². The quantitative estimate of drug-likeness (QED) is 0.730. The van der Waals surface area contributed by atoms with Crippen LogP contribution in [0.3, 0.4) is 0 Å². The standard InChI is InChI=1S/C11H16N6OS/c1-16(8-10-12-6-7-18-10)11(19)5-3-4-9-13-14-15-17(9)2/h6-7H,3-5,8H2,1-2H3. The molecule has 0 atom stereocenters. The Hall–Kier alpha value is -1.83. The number of nitrogens with zero attached hydrogens (tertiary/aromatic N) is 6. The first-order valence-corrected chi connectivity index (χ1v) is 6.41. The second-order valence-corrected chi connectivity index (χ2v) is 4.72. The highest BCUT2D eigenvalue weighted by Gasteiger charge is 2.09. The molecule has 0 unspecified atom stereocenters. The number of hydrogen-bond acceptors (Lipinski definition) is 6. The monoisotopic (exact) mass is 280 g/mol. The first-order valence-electron chi connectivity index (χ1n) is 6.00. The topological polar surface area (TPSA) is 72.9 Å². The van der Waals surface area contributed by atoms with Crippen LogP contribution in [0.5, 0.6) is 0 Å². The van der Waals surface area contributed by atoms with Crippen LogP contribution in [0.25, 0.3) is 0 Å². The fourth-order valence-electron chi connectivity index (χ4n) is 1.67. The van der Waals surface area contributed by atoms with E-state index < -0.39 is 0 Å². The van der Waals surface area contributed by atoms with Crippen molar-refractivity contribution in [1.82, 2.24) is 30.1 Å². The molecule has 0 aliphatic carbocycles. The van der Waals surface area contributed by atoms with Crippen LogP contribution >= 0.6 is 12.2 Å². The van der Waals surface area contributed by atoms with Crippen LogP contribution in [-0.4, -0.2) is 42.1 Å². The zero-order valence-corrected chi connectivity index (χ0v) is 11.8. The molecule has 0 bridgehead atoms. The molecule has 8 heteroatoms. The lowest BCUT2D eigenvalue weighted by molar-refractivity contribution is 0.397. The lowest BCUT2D eigenvalue weighted by Crippen LogP contribution is -2.24. The molecule has 2 heterocycles. The van der Waals surface area contributed by atoms with Gasteiger partial charge in [0.25, 0.3) is 0 Å². The maximum Gasteiger partial charge on any atom is 0.213 e. The van der Waals surface area contributed by atoms with Crippen LogP contribution in [-0.2, 0) is 20.0 Å². The molecule has 2 aromatic heterocycles. The minimum absolute atomic E-state index is 0.595. The number of rotatable bonds is 6. The summed E-state index contributed by atoms with van der Waals surface area (Å²) in [6.07, 6.45) is 5.75. The molecule has 2 rings (SSSR count). The molecule has 0 spiro atoms. The summed E-state index contributed by atoms with van der Waals surface area (Å²) < 4.78 is 6.87. The SMILES string of the molecule is CN(Cc1ncco1)C(=S)CCCc1nnnn1C. The van der Waals surface area contributed by atoms with Gasteiger partial charge in [-0.15, -0.1) is 5.10 Å². The van der Waals surface area contributed by atoms with Crippen LogP contribution in [0.4, 0.5) is 0 Å². The molecule has 0 N–H and O–H groups in total. The Kier molecular flexibility index (Phi) is 4.56. The molecule has 0 radical (unpaired) electrons. The average molecular weight is 280 g/mol. The molecular weight excluding hydrogens is 264 g/mol. The Balaban J connectivity index is 1.73. The lowest BCUT2D eigenvalue weighted by atomic mass is 10.2. The lowest BCUT2D eigenvalue weighted by Gasteiger charge is -2.17. The summed E-state index contributed by atoms with van der Waals surface area (Å²) >= 11 is 5.38. The number of aryl methyl sites for hydroxylation is 2. The summed E-state index contributed by atoms with van der Waals surface area (Å²) in [5, 5.41) is 11.3. The first kappa shape index (κ1) is 13.6. The zero-order valence-electron chi connectivity index (χ0n) is 11.0. The van der Waals surface area contributed by atoms with Crippen molar-refractivity contribution < 1.29 is 4.42 Å². The number of aromatic nitrogens is 5. The van der Waals surface area contributed by atoms with Crippen molar-refractivity contribution in [2.45, 2.75) is 25.8 Å². The van der Waals surface area contributed by atoms with Crippen molar-refractivity contribution >= 4 is 17.2 Å². The summed E-state index contributed by atoms with van der Waals surface area (Å²) in [4.78, 5) is 6.92. The first-order chi connectivity index (χ1) is 9.16. The largest absolute Gasteiger partial charge is 0.447 e. The summed E-state index contributed by atoms with van der Waals surface area (Å²) in [5.41, 5.74) is 0. The molecule has 0 fully saturated rings. The highest BCUT2D eigenvalue weighted by molar-refractivity contribution is 7.80. The molecular formula is C11H16N6OS. The van der Waals surface area contributed by atoms with Gasteiger partial charge in [-0.25, -0.2) is 9.67 Å². The summed E-state index contributed by atoms with van der Waals surface area (Å²) in [7, 11) is 3.78. The Morgan fingerprint density at radius 3 is 3.00 bits per heavy atom. The predicted octanol–water partition coefficient (Wildman–Crippen LogP) is 0.980. The summed E-state index contributed by atoms with van der Waals surface area (Å²) in [6.45, 7) is 0.595. The Bertz CT molecular complexity index is 523. The second kappa shape index (κ2) is 6.37. The van der Waals surface area contributed by atoms with Crippen LogP contribution in [0.1, 0.15) is 24.6 Å². The molecule has 0 aliphatic heterocycles. The van der Waals surface area contributed by atoms with E-state index in [1.54, 1.807) is 17.1 Å². The van der Waals surface area contributed by atoms with Gasteiger partial charge in [-0.2, -0.15) is 0 Å². The number of thiocarbonyl (C=S) groups is 1. The molecule has 0 aromatic carbocycles. The van der Waals surface area contributed by atoms with Crippen LogP contribution in [0.2, 0.25) is 0 Å². The van der Waals surface area contributed by atoms with Crippen LogP contribution < -0.4 is 0 Å². The molecule has 0 saturated heterocycles.